The Morgan fingerprint density at radius 3 is 2.58 bits per heavy atom. The molecule has 2 aromatic rings. The molecular weight excluding hydrogens is 304 g/mol. The number of ether oxygens (including phenoxy) is 1. The van der Waals surface area contributed by atoms with E-state index in [1.807, 2.05) is 35.2 Å². The van der Waals surface area contributed by atoms with Crippen molar-refractivity contribution in [1.82, 2.24) is 4.90 Å². The van der Waals surface area contributed by atoms with Crippen LogP contribution >= 0.6 is 0 Å². The molecule has 2 aliphatic heterocycles. The van der Waals surface area contributed by atoms with Crippen LogP contribution in [-0.2, 0) is 4.84 Å². The molecular formula is C19H18N2O3. The van der Waals surface area contributed by atoms with Crippen LogP contribution in [0.5, 0.6) is 5.75 Å². The van der Waals surface area contributed by atoms with Gasteiger partial charge in [-0.25, -0.2) is 0 Å². The van der Waals surface area contributed by atoms with Crippen molar-refractivity contribution in [3.63, 3.8) is 0 Å². The van der Waals surface area contributed by atoms with E-state index in [1.54, 1.807) is 31.4 Å². The monoisotopic (exact) mass is 322 g/mol. The lowest BCUT2D eigenvalue weighted by atomic mass is 9.95. The predicted octanol–water partition coefficient (Wildman–Crippen LogP) is 2.57. The van der Waals surface area contributed by atoms with Gasteiger partial charge < -0.3 is 14.5 Å². The first-order valence-electron chi connectivity index (χ1n) is 7.98. The molecule has 2 atom stereocenters. The number of amides is 1. The van der Waals surface area contributed by atoms with Crippen molar-refractivity contribution < 1.29 is 14.4 Å². The molecule has 0 N–H and O–H groups in total. The molecule has 0 saturated carbocycles. The third-order valence-corrected chi connectivity index (χ3v) is 4.60. The molecule has 2 unspecified atom stereocenters. The summed E-state index contributed by atoms with van der Waals surface area (Å²) in [6.07, 6.45) is -0.0533. The van der Waals surface area contributed by atoms with E-state index in [2.05, 4.69) is 5.16 Å². The third-order valence-electron chi connectivity index (χ3n) is 4.60. The highest BCUT2D eigenvalue weighted by atomic mass is 16.6. The van der Waals surface area contributed by atoms with E-state index < -0.39 is 0 Å². The standard InChI is InChI=1S/C19H18N2O3/c1-23-15-9-7-14(8-10-15)19(22)21-11-16-17(12-21)24-20-18(16)13-5-3-2-4-6-13/h2-10,16-17H,11-12H2,1H3. The highest BCUT2D eigenvalue weighted by Crippen LogP contribution is 2.31. The molecule has 0 bridgehead atoms. The normalized spacial score (nSPS) is 21.9. The fourth-order valence-electron chi connectivity index (χ4n) is 3.29. The Kier molecular flexibility index (Phi) is 3.69. The zero-order valence-electron chi connectivity index (χ0n) is 13.4. The summed E-state index contributed by atoms with van der Waals surface area (Å²) in [7, 11) is 1.61. The summed E-state index contributed by atoms with van der Waals surface area (Å²) in [5, 5.41) is 4.24. The minimum absolute atomic E-state index is 0.0167. The maximum atomic E-state index is 12.7. The summed E-state index contributed by atoms with van der Waals surface area (Å²) in [4.78, 5) is 20.1. The van der Waals surface area contributed by atoms with Gasteiger partial charge in [0.2, 0.25) is 0 Å². The number of carbonyl (C=O) groups excluding carboxylic acids is 1. The lowest BCUT2D eigenvalue weighted by Gasteiger charge is -2.17. The van der Waals surface area contributed by atoms with E-state index in [-0.39, 0.29) is 17.9 Å². The molecule has 1 fully saturated rings. The van der Waals surface area contributed by atoms with E-state index in [0.717, 1.165) is 17.0 Å². The molecule has 4 rings (SSSR count). The number of carbonyl (C=O) groups is 1. The summed E-state index contributed by atoms with van der Waals surface area (Å²) in [5.41, 5.74) is 2.66. The minimum Gasteiger partial charge on any atom is -0.497 e. The second-order valence-corrected chi connectivity index (χ2v) is 6.03. The predicted molar refractivity (Wildman–Crippen MR) is 90.2 cm³/mol. The second kappa shape index (κ2) is 6.00. The highest BCUT2D eigenvalue weighted by molar-refractivity contribution is 6.04. The van der Waals surface area contributed by atoms with Crippen LogP contribution in [0.25, 0.3) is 0 Å². The number of nitrogens with zero attached hydrogens (tertiary/aromatic N) is 2. The molecule has 24 heavy (non-hydrogen) atoms. The molecule has 122 valence electrons. The molecule has 0 aliphatic carbocycles. The SMILES string of the molecule is COc1ccc(C(=O)N2CC3ON=C(c4ccccc4)C3C2)cc1. The van der Waals surface area contributed by atoms with Crippen LogP contribution in [0.1, 0.15) is 15.9 Å². The number of benzene rings is 2. The van der Waals surface area contributed by atoms with Crippen LogP contribution in [0.2, 0.25) is 0 Å². The van der Waals surface area contributed by atoms with Crippen molar-refractivity contribution in [1.29, 1.82) is 0 Å². The van der Waals surface area contributed by atoms with Gasteiger partial charge in [-0.1, -0.05) is 35.5 Å². The van der Waals surface area contributed by atoms with Crippen LogP contribution in [0.15, 0.2) is 59.8 Å². The van der Waals surface area contributed by atoms with Gasteiger partial charge in [-0.2, -0.15) is 0 Å². The number of hydrogen-bond acceptors (Lipinski definition) is 4. The topological polar surface area (TPSA) is 51.1 Å². The van der Waals surface area contributed by atoms with Crippen LogP contribution in [0, 0.1) is 5.92 Å². The van der Waals surface area contributed by atoms with E-state index in [9.17, 15) is 4.79 Å². The average Bonchev–Trinajstić information content (AvgIpc) is 3.22. The number of rotatable bonds is 3. The summed E-state index contributed by atoms with van der Waals surface area (Å²) in [6.45, 7) is 1.19. The van der Waals surface area contributed by atoms with Gasteiger partial charge in [0.15, 0.2) is 6.10 Å². The fraction of sp³-hybridized carbons (Fsp3) is 0.263. The highest BCUT2D eigenvalue weighted by Gasteiger charge is 2.44. The zero-order chi connectivity index (χ0) is 16.5. The minimum atomic E-state index is -0.0533. The summed E-state index contributed by atoms with van der Waals surface area (Å²) in [5.74, 6) is 0.893. The quantitative estimate of drug-likeness (QED) is 0.873. The van der Waals surface area contributed by atoms with Gasteiger partial charge in [-0.3, -0.25) is 4.79 Å². The molecule has 5 nitrogen and oxygen atoms in total. The largest absolute Gasteiger partial charge is 0.497 e. The zero-order valence-corrected chi connectivity index (χ0v) is 13.4. The molecule has 2 aliphatic rings. The average molecular weight is 322 g/mol. The van der Waals surface area contributed by atoms with Crippen molar-refractivity contribution in [3.05, 3.63) is 65.7 Å². The van der Waals surface area contributed by atoms with Crippen molar-refractivity contribution in [3.8, 4) is 5.75 Å². The Morgan fingerprint density at radius 1 is 1.12 bits per heavy atom. The van der Waals surface area contributed by atoms with E-state index >= 15 is 0 Å². The van der Waals surface area contributed by atoms with Gasteiger partial charge in [-0.15, -0.1) is 0 Å². The van der Waals surface area contributed by atoms with Gasteiger partial charge in [0, 0.05) is 12.1 Å². The maximum absolute atomic E-state index is 12.7. The Bertz CT molecular complexity index is 771. The van der Waals surface area contributed by atoms with E-state index in [0.29, 0.717) is 18.7 Å². The Labute approximate surface area is 140 Å². The van der Waals surface area contributed by atoms with Crippen molar-refractivity contribution in [2.24, 2.45) is 11.1 Å². The van der Waals surface area contributed by atoms with Crippen molar-refractivity contribution in [2.75, 3.05) is 20.2 Å². The van der Waals surface area contributed by atoms with Crippen LogP contribution in [-0.4, -0.2) is 42.8 Å². The number of fused-ring (bicyclic) bond motifs is 1. The van der Waals surface area contributed by atoms with Crippen LogP contribution in [0.4, 0.5) is 0 Å². The van der Waals surface area contributed by atoms with E-state index in [4.69, 9.17) is 9.57 Å². The first-order valence-corrected chi connectivity index (χ1v) is 7.98. The molecule has 2 heterocycles. The van der Waals surface area contributed by atoms with Crippen LogP contribution < -0.4 is 4.74 Å². The maximum Gasteiger partial charge on any atom is 0.254 e. The molecule has 5 heteroatoms. The summed E-state index contributed by atoms with van der Waals surface area (Å²) < 4.78 is 5.14. The molecule has 1 amide bonds. The number of hydrogen-bond donors (Lipinski definition) is 0. The van der Waals surface area contributed by atoms with Gasteiger partial charge in [0.25, 0.3) is 5.91 Å². The van der Waals surface area contributed by atoms with Gasteiger partial charge in [0.1, 0.15) is 5.75 Å². The molecule has 1 saturated heterocycles. The number of likely N-dealkylation sites (tertiary alicyclic amines) is 1. The smallest absolute Gasteiger partial charge is 0.254 e. The second-order valence-electron chi connectivity index (χ2n) is 6.03. The Morgan fingerprint density at radius 2 is 1.88 bits per heavy atom. The van der Waals surface area contributed by atoms with Crippen LogP contribution in [0.3, 0.4) is 0 Å². The van der Waals surface area contributed by atoms with Crippen molar-refractivity contribution in [2.45, 2.75) is 6.10 Å². The molecule has 0 spiro atoms. The van der Waals surface area contributed by atoms with Crippen molar-refractivity contribution >= 4 is 11.6 Å². The summed E-state index contributed by atoms with van der Waals surface area (Å²) in [6, 6.07) is 17.2. The third kappa shape index (κ3) is 2.52. The number of methoxy groups -OCH3 is 1. The van der Waals surface area contributed by atoms with Gasteiger partial charge in [-0.05, 0) is 29.8 Å². The molecule has 0 radical (unpaired) electrons. The van der Waals surface area contributed by atoms with E-state index in [1.165, 1.54) is 0 Å². The lowest BCUT2D eigenvalue weighted by Crippen LogP contribution is -2.30. The molecule has 0 aromatic heterocycles. The van der Waals surface area contributed by atoms with Gasteiger partial charge in [0.05, 0.1) is 25.3 Å². The fourth-order valence-corrected chi connectivity index (χ4v) is 3.29. The summed E-state index contributed by atoms with van der Waals surface area (Å²) >= 11 is 0. The lowest BCUT2D eigenvalue weighted by molar-refractivity contribution is 0.0631. The first kappa shape index (κ1) is 14.8. The Hall–Kier alpha value is -2.82. The van der Waals surface area contributed by atoms with Gasteiger partial charge >= 0.3 is 0 Å². The Balaban J connectivity index is 1.50. The number of oxime groups is 1. The molecule has 2 aromatic carbocycles. The first-order chi connectivity index (χ1) is 11.8.